The van der Waals surface area contributed by atoms with E-state index in [1.165, 1.54) is 16.9 Å². The van der Waals surface area contributed by atoms with Gasteiger partial charge in [-0.3, -0.25) is 4.79 Å². The fourth-order valence-electron chi connectivity index (χ4n) is 3.20. The molecule has 0 aliphatic rings. The van der Waals surface area contributed by atoms with Crippen molar-refractivity contribution in [3.63, 3.8) is 0 Å². The fourth-order valence-corrected chi connectivity index (χ4v) is 3.20. The molecule has 0 spiro atoms. The second kappa shape index (κ2) is 9.95. The van der Waals surface area contributed by atoms with Gasteiger partial charge in [-0.05, 0) is 36.1 Å². The van der Waals surface area contributed by atoms with E-state index < -0.39 is 11.7 Å². The van der Waals surface area contributed by atoms with Gasteiger partial charge in [-0.15, -0.1) is 0 Å². The molecule has 0 unspecified atom stereocenters. The Morgan fingerprint density at radius 3 is 2.34 bits per heavy atom. The molecular formula is C23H25F3N4O2. The lowest BCUT2D eigenvalue weighted by Crippen LogP contribution is -2.24. The number of nitrogens with one attached hydrogen (secondary N) is 1. The number of halogens is 3. The molecule has 2 aromatic heterocycles. The van der Waals surface area contributed by atoms with E-state index in [9.17, 15) is 18.0 Å². The number of aromatic nitrogens is 3. The number of amides is 1. The molecule has 0 saturated carbocycles. The molecule has 0 bridgehead atoms. The zero-order valence-corrected chi connectivity index (χ0v) is 18.1. The van der Waals surface area contributed by atoms with E-state index in [2.05, 4.69) is 15.4 Å². The van der Waals surface area contributed by atoms with Crippen LogP contribution in [0.5, 0.6) is 0 Å². The average Bonchev–Trinajstić information content (AvgIpc) is 3.22. The molecule has 0 atom stereocenters. The van der Waals surface area contributed by atoms with E-state index in [1.54, 1.807) is 0 Å². The first-order valence-electron chi connectivity index (χ1n) is 10.3. The highest BCUT2D eigenvalue weighted by atomic mass is 19.4. The number of pyridine rings is 1. The molecule has 2 heterocycles. The Kier molecular flexibility index (Phi) is 7.29. The van der Waals surface area contributed by atoms with E-state index in [1.807, 2.05) is 45.0 Å². The van der Waals surface area contributed by atoms with Gasteiger partial charge in [0.15, 0.2) is 5.82 Å². The summed E-state index contributed by atoms with van der Waals surface area (Å²) in [6.07, 6.45) is -2.30. The second-order valence-electron chi connectivity index (χ2n) is 7.55. The molecule has 6 nitrogen and oxygen atoms in total. The summed E-state index contributed by atoms with van der Waals surface area (Å²) in [5, 5.41) is 7.09. The van der Waals surface area contributed by atoms with Crippen LogP contribution in [0.3, 0.4) is 0 Å². The third-order valence-corrected chi connectivity index (χ3v) is 4.84. The Morgan fingerprint density at radius 2 is 1.78 bits per heavy atom. The number of hydrogen-bond acceptors (Lipinski definition) is 4. The number of alkyl halides is 3. The van der Waals surface area contributed by atoms with E-state index in [0.717, 1.165) is 23.4 Å². The van der Waals surface area contributed by atoms with Crippen LogP contribution in [-0.4, -0.2) is 27.3 Å². The molecule has 1 amide bonds. The molecule has 32 heavy (non-hydrogen) atoms. The predicted molar refractivity (Wildman–Crippen MR) is 113 cm³/mol. The first kappa shape index (κ1) is 23.5. The molecule has 0 saturated heterocycles. The summed E-state index contributed by atoms with van der Waals surface area (Å²) in [6, 6.07) is 9.94. The number of nitrogens with zero attached hydrogens (tertiary/aromatic N) is 3. The zero-order valence-electron chi connectivity index (χ0n) is 18.1. The first-order chi connectivity index (χ1) is 15.2. The van der Waals surface area contributed by atoms with Crippen LogP contribution in [0.15, 0.2) is 48.8 Å². The highest BCUT2D eigenvalue weighted by Crippen LogP contribution is 2.29. The number of ether oxygens (including phenoxy) is 1. The Bertz CT molecular complexity index is 1040. The third-order valence-electron chi connectivity index (χ3n) is 4.84. The van der Waals surface area contributed by atoms with Gasteiger partial charge in [-0.1, -0.05) is 38.1 Å². The summed E-state index contributed by atoms with van der Waals surface area (Å²) in [5.74, 6) is -0.212. The molecule has 1 aromatic carbocycles. The monoisotopic (exact) mass is 446 g/mol. The molecule has 0 fully saturated rings. The van der Waals surface area contributed by atoms with Gasteiger partial charge in [0, 0.05) is 19.3 Å². The molecular weight excluding hydrogens is 421 g/mol. The molecule has 170 valence electrons. The van der Waals surface area contributed by atoms with Gasteiger partial charge >= 0.3 is 6.18 Å². The highest BCUT2D eigenvalue weighted by molar-refractivity contribution is 5.95. The number of rotatable bonds is 8. The minimum Gasteiger partial charge on any atom is -0.377 e. The van der Waals surface area contributed by atoms with Gasteiger partial charge in [0.1, 0.15) is 0 Å². The Labute approximate surface area is 184 Å². The largest absolute Gasteiger partial charge is 0.417 e. The van der Waals surface area contributed by atoms with Crippen LogP contribution in [0, 0.1) is 0 Å². The maximum Gasteiger partial charge on any atom is 0.417 e. The summed E-state index contributed by atoms with van der Waals surface area (Å²) >= 11 is 0. The minimum atomic E-state index is -4.47. The average molecular weight is 446 g/mol. The van der Waals surface area contributed by atoms with E-state index in [0.29, 0.717) is 31.0 Å². The summed E-state index contributed by atoms with van der Waals surface area (Å²) in [5.41, 5.74) is 2.07. The quantitative estimate of drug-likeness (QED) is 0.536. The van der Waals surface area contributed by atoms with Crippen LogP contribution < -0.4 is 5.32 Å². The van der Waals surface area contributed by atoms with Crippen molar-refractivity contribution >= 4 is 5.91 Å². The summed E-state index contributed by atoms with van der Waals surface area (Å²) in [6.45, 7) is 7.21. The maximum absolute atomic E-state index is 12.8. The smallest absolute Gasteiger partial charge is 0.377 e. The van der Waals surface area contributed by atoms with Crippen LogP contribution >= 0.6 is 0 Å². The van der Waals surface area contributed by atoms with Crippen molar-refractivity contribution in [3.8, 4) is 5.82 Å². The molecule has 9 heteroatoms. The van der Waals surface area contributed by atoms with Gasteiger partial charge in [-0.25, -0.2) is 9.67 Å². The van der Waals surface area contributed by atoms with Crippen molar-refractivity contribution in [1.29, 1.82) is 0 Å². The van der Waals surface area contributed by atoms with Crippen molar-refractivity contribution in [2.45, 2.75) is 46.0 Å². The fraction of sp³-hybridized carbons (Fsp3) is 0.348. The minimum absolute atomic E-state index is 0.111. The number of carbonyl (C=O) groups excluding carboxylic acids is 1. The molecule has 3 aromatic rings. The molecule has 1 N–H and O–H groups in total. The second-order valence-corrected chi connectivity index (χ2v) is 7.55. The number of carbonyl (C=O) groups is 1. The first-order valence-corrected chi connectivity index (χ1v) is 10.3. The standard InChI is InChI=1S/C23H25F3N4O2/c1-4-32-14-17-7-5-16(6-8-17)11-28-22(31)19-13-29-30(21(19)15(2)3)20-10-9-18(12-27-20)23(24,25)26/h5-10,12-13,15H,4,11,14H2,1-3H3,(H,28,31). The summed E-state index contributed by atoms with van der Waals surface area (Å²) in [4.78, 5) is 16.7. The molecule has 0 aliphatic heterocycles. The molecule has 0 radical (unpaired) electrons. The maximum atomic E-state index is 12.8. The summed E-state index contributed by atoms with van der Waals surface area (Å²) < 4.78 is 45.2. The van der Waals surface area contributed by atoms with Crippen LogP contribution in [0.1, 0.15) is 59.4 Å². The van der Waals surface area contributed by atoms with E-state index >= 15 is 0 Å². The van der Waals surface area contributed by atoms with Crippen molar-refractivity contribution in [2.75, 3.05) is 6.61 Å². The highest BCUT2D eigenvalue weighted by Gasteiger charge is 2.31. The topological polar surface area (TPSA) is 69.0 Å². The van der Waals surface area contributed by atoms with Crippen molar-refractivity contribution in [1.82, 2.24) is 20.1 Å². The van der Waals surface area contributed by atoms with Gasteiger partial charge < -0.3 is 10.1 Å². The lowest BCUT2D eigenvalue weighted by Gasteiger charge is -2.13. The van der Waals surface area contributed by atoms with E-state index in [4.69, 9.17) is 4.74 Å². The van der Waals surface area contributed by atoms with Gasteiger partial charge in [-0.2, -0.15) is 18.3 Å². The lowest BCUT2D eigenvalue weighted by molar-refractivity contribution is -0.137. The van der Waals surface area contributed by atoms with Crippen LogP contribution in [0.2, 0.25) is 0 Å². The summed E-state index contributed by atoms with van der Waals surface area (Å²) in [7, 11) is 0. The lowest BCUT2D eigenvalue weighted by atomic mass is 10.1. The zero-order chi connectivity index (χ0) is 23.3. The number of benzene rings is 1. The normalized spacial score (nSPS) is 11.7. The Morgan fingerprint density at radius 1 is 1.09 bits per heavy atom. The Hall–Kier alpha value is -3.20. The van der Waals surface area contributed by atoms with Crippen LogP contribution in [-0.2, 0) is 24.1 Å². The Balaban J connectivity index is 1.75. The number of hydrogen-bond donors (Lipinski definition) is 1. The van der Waals surface area contributed by atoms with Crippen molar-refractivity contribution < 1.29 is 22.7 Å². The molecule has 3 rings (SSSR count). The molecule has 0 aliphatic carbocycles. The predicted octanol–water partition coefficient (Wildman–Crippen LogP) is 4.88. The van der Waals surface area contributed by atoms with Crippen LogP contribution in [0.4, 0.5) is 13.2 Å². The van der Waals surface area contributed by atoms with Crippen LogP contribution in [0.25, 0.3) is 5.82 Å². The van der Waals surface area contributed by atoms with Gasteiger partial charge in [0.25, 0.3) is 5.91 Å². The van der Waals surface area contributed by atoms with Crippen molar-refractivity contribution in [2.24, 2.45) is 0 Å². The van der Waals surface area contributed by atoms with Gasteiger partial charge in [0.2, 0.25) is 0 Å². The van der Waals surface area contributed by atoms with E-state index in [-0.39, 0.29) is 17.6 Å². The van der Waals surface area contributed by atoms with Gasteiger partial charge in [0.05, 0.1) is 29.6 Å². The SMILES string of the molecule is CCOCc1ccc(CNC(=O)c2cnn(-c3ccc(C(F)(F)F)cn3)c2C(C)C)cc1. The third kappa shape index (κ3) is 5.53. The van der Waals surface area contributed by atoms with Crippen molar-refractivity contribution in [3.05, 3.63) is 76.7 Å².